The van der Waals surface area contributed by atoms with E-state index in [0.717, 1.165) is 49.0 Å². The highest BCUT2D eigenvalue weighted by Crippen LogP contribution is 2.33. The molecule has 5 heteroatoms. The fraction of sp³-hybridized carbons (Fsp3) is 0.444. The Hall–Kier alpha value is -1.88. The van der Waals surface area contributed by atoms with Crippen LogP contribution < -0.4 is 9.80 Å². The number of aryl methyl sites for hydroxylation is 2. The second-order valence-electron chi connectivity index (χ2n) is 6.44. The van der Waals surface area contributed by atoms with Gasteiger partial charge in [-0.1, -0.05) is 18.2 Å². The highest BCUT2D eigenvalue weighted by atomic mass is 32.1. The summed E-state index contributed by atoms with van der Waals surface area (Å²) in [6.07, 6.45) is 1.90. The number of rotatable bonds is 2. The van der Waals surface area contributed by atoms with Gasteiger partial charge >= 0.3 is 0 Å². The number of carbonyl (C=O) groups is 1. The molecule has 2 aromatic rings. The van der Waals surface area contributed by atoms with Gasteiger partial charge in [-0.05, 0) is 38.3 Å². The van der Waals surface area contributed by atoms with E-state index in [1.54, 1.807) is 11.3 Å². The van der Waals surface area contributed by atoms with Gasteiger partial charge in [0, 0.05) is 30.2 Å². The molecule has 1 fully saturated rings. The monoisotopic (exact) mass is 327 g/mol. The molecule has 0 aliphatic carbocycles. The molecule has 1 aromatic carbocycles. The predicted octanol–water partition coefficient (Wildman–Crippen LogP) is 3.18. The number of hydrogen-bond acceptors (Lipinski definition) is 4. The van der Waals surface area contributed by atoms with Gasteiger partial charge in [0.15, 0.2) is 5.13 Å². The van der Waals surface area contributed by atoms with Crippen molar-refractivity contribution in [2.75, 3.05) is 29.4 Å². The van der Waals surface area contributed by atoms with Gasteiger partial charge in [-0.25, -0.2) is 4.98 Å². The van der Waals surface area contributed by atoms with Crippen LogP contribution in [0.25, 0.3) is 0 Å². The number of thiazole rings is 1. The van der Waals surface area contributed by atoms with Crippen molar-refractivity contribution in [3.63, 3.8) is 0 Å². The number of benzene rings is 1. The van der Waals surface area contributed by atoms with Crippen LogP contribution in [0, 0.1) is 19.8 Å². The van der Waals surface area contributed by atoms with Crippen LogP contribution >= 0.6 is 11.3 Å². The molecule has 1 amide bonds. The van der Waals surface area contributed by atoms with Crippen LogP contribution in [0.3, 0.4) is 0 Å². The van der Waals surface area contributed by atoms with E-state index in [9.17, 15) is 4.79 Å². The molecule has 1 atom stereocenters. The minimum Gasteiger partial charge on any atom is -0.347 e. The van der Waals surface area contributed by atoms with E-state index in [-0.39, 0.29) is 11.8 Å². The molecule has 2 aliphatic rings. The van der Waals surface area contributed by atoms with E-state index in [1.807, 2.05) is 11.0 Å². The first-order valence-corrected chi connectivity index (χ1v) is 9.03. The van der Waals surface area contributed by atoms with Crippen molar-refractivity contribution in [1.29, 1.82) is 0 Å². The summed E-state index contributed by atoms with van der Waals surface area (Å²) >= 11 is 1.74. The zero-order valence-corrected chi connectivity index (χ0v) is 14.4. The summed E-state index contributed by atoms with van der Waals surface area (Å²) < 4.78 is 0. The van der Waals surface area contributed by atoms with Crippen molar-refractivity contribution in [2.45, 2.75) is 26.7 Å². The SMILES string of the molecule is Cc1nc(N2CCC(C(=O)N3CCc4ccccc43)C2)sc1C. The first-order chi connectivity index (χ1) is 11.1. The molecule has 2 aliphatic heterocycles. The minimum absolute atomic E-state index is 0.0886. The average Bonchev–Trinajstić information content (AvgIpc) is 3.26. The summed E-state index contributed by atoms with van der Waals surface area (Å²) in [4.78, 5) is 23.1. The number of aromatic nitrogens is 1. The summed E-state index contributed by atoms with van der Waals surface area (Å²) in [6.45, 7) is 6.71. The maximum atomic E-state index is 12.9. The molecule has 1 saturated heterocycles. The lowest BCUT2D eigenvalue weighted by molar-refractivity contribution is -0.121. The summed E-state index contributed by atoms with van der Waals surface area (Å²) in [5, 5.41) is 1.07. The third-order valence-electron chi connectivity index (χ3n) is 4.98. The summed E-state index contributed by atoms with van der Waals surface area (Å²) in [6, 6.07) is 8.27. The van der Waals surface area contributed by atoms with Crippen molar-refractivity contribution in [3.8, 4) is 0 Å². The lowest BCUT2D eigenvalue weighted by Gasteiger charge is -2.21. The molecule has 1 unspecified atom stereocenters. The maximum Gasteiger partial charge on any atom is 0.231 e. The first kappa shape index (κ1) is 14.7. The van der Waals surface area contributed by atoms with Crippen LogP contribution in [-0.4, -0.2) is 30.5 Å². The summed E-state index contributed by atoms with van der Waals surface area (Å²) in [7, 11) is 0. The molecule has 0 radical (unpaired) electrons. The van der Waals surface area contributed by atoms with Crippen molar-refractivity contribution in [1.82, 2.24) is 4.98 Å². The van der Waals surface area contributed by atoms with Gasteiger partial charge < -0.3 is 9.80 Å². The summed E-state index contributed by atoms with van der Waals surface area (Å²) in [5.41, 5.74) is 3.51. The van der Waals surface area contributed by atoms with Gasteiger partial charge in [-0.3, -0.25) is 4.79 Å². The van der Waals surface area contributed by atoms with Crippen LogP contribution in [0.15, 0.2) is 24.3 Å². The first-order valence-electron chi connectivity index (χ1n) is 8.22. The Morgan fingerprint density at radius 3 is 2.87 bits per heavy atom. The van der Waals surface area contributed by atoms with Crippen molar-refractivity contribution in [3.05, 3.63) is 40.4 Å². The van der Waals surface area contributed by atoms with Crippen LogP contribution in [0.1, 0.15) is 22.6 Å². The zero-order valence-electron chi connectivity index (χ0n) is 13.6. The van der Waals surface area contributed by atoms with Gasteiger partial charge in [0.25, 0.3) is 0 Å². The fourth-order valence-electron chi connectivity index (χ4n) is 3.51. The molecule has 1 aromatic heterocycles. The number of hydrogen-bond donors (Lipinski definition) is 0. The van der Waals surface area contributed by atoms with Crippen molar-refractivity contribution in [2.24, 2.45) is 5.92 Å². The van der Waals surface area contributed by atoms with Gasteiger partial charge in [0.1, 0.15) is 0 Å². The molecule has 120 valence electrons. The number of fused-ring (bicyclic) bond motifs is 1. The van der Waals surface area contributed by atoms with E-state index < -0.39 is 0 Å². The Kier molecular flexibility index (Phi) is 3.60. The fourth-order valence-corrected chi connectivity index (χ4v) is 4.46. The molecule has 23 heavy (non-hydrogen) atoms. The van der Waals surface area contributed by atoms with Gasteiger partial charge in [-0.2, -0.15) is 0 Å². The Balaban J connectivity index is 1.49. The Labute approximate surface area is 140 Å². The summed E-state index contributed by atoms with van der Waals surface area (Å²) in [5.74, 6) is 0.369. The van der Waals surface area contributed by atoms with E-state index in [0.29, 0.717) is 0 Å². The second kappa shape index (κ2) is 5.64. The number of amides is 1. The Morgan fingerprint density at radius 2 is 2.09 bits per heavy atom. The van der Waals surface area contributed by atoms with Crippen LogP contribution in [0.2, 0.25) is 0 Å². The molecule has 0 saturated carbocycles. The Bertz CT molecular complexity index is 735. The topological polar surface area (TPSA) is 36.4 Å². The molecule has 0 spiro atoms. The van der Waals surface area contributed by atoms with Crippen molar-refractivity contribution < 1.29 is 4.79 Å². The van der Waals surface area contributed by atoms with Gasteiger partial charge in [0.05, 0.1) is 11.6 Å². The molecular weight excluding hydrogens is 306 g/mol. The molecule has 0 bridgehead atoms. The second-order valence-corrected chi connectivity index (χ2v) is 7.62. The molecular formula is C18H21N3OS. The standard InChI is InChI=1S/C18H21N3OS/c1-12-13(2)23-18(19-12)20-9-7-15(11-20)17(22)21-10-8-14-5-3-4-6-16(14)21/h3-6,15H,7-11H2,1-2H3. The highest BCUT2D eigenvalue weighted by molar-refractivity contribution is 7.15. The Morgan fingerprint density at radius 1 is 1.26 bits per heavy atom. The van der Waals surface area contributed by atoms with E-state index in [1.165, 1.54) is 10.4 Å². The smallest absolute Gasteiger partial charge is 0.231 e. The number of nitrogens with zero attached hydrogens (tertiary/aromatic N) is 3. The van der Waals surface area contributed by atoms with Crippen LogP contribution in [0.5, 0.6) is 0 Å². The molecule has 4 rings (SSSR count). The van der Waals surface area contributed by atoms with Crippen LogP contribution in [-0.2, 0) is 11.2 Å². The lowest BCUT2D eigenvalue weighted by Crippen LogP contribution is -2.36. The normalized spacial score (nSPS) is 20.2. The van der Waals surface area contributed by atoms with Crippen molar-refractivity contribution >= 4 is 28.1 Å². The van der Waals surface area contributed by atoms with Gasteiger partial charge in [-0.15, -0.1) is 11.3 Å². The molecule has 3 heterocycles. The molecule has 4 nitrogen and oxygen atoms in total. The largest absolute Gasteiger partial charge is 0.347 e. The zero-order chi connectivity index (χ0) is 16.0. The number of carbonyl (C=O) groups excluding carboxylic acids is 1. The quantitative estimate of drug-likeness (QED) is 0.850. The third-order valence-corrected chi connectivity index (χ3v) is 6.11. The lowest BCUT2D eigenvalue weighted by atomic mass is 10.1. The molecule has 0 N–H and O–H groups in total. The van der Waals surface area contributed by atoms with Crippen LogP contribution in [0.4, 0.5) is 10.8 Å². The van der Waals surface area contributed by atoms with Gasteiger partial charge in [0.2, 0.25) is 5.91 Å². The number of anilines is 2. The average molecular weight is 327 g/mol. The van der Waals surface area contributed by atoms with E-state index in [4.69, 9.17) is 0 Å². The maximum absolute atomic E-state index is 12.9. The third kappa shape index (κ3) is 2.53. The highest BCUT2D eigenvalue weighted by Gasteiger charge is 2.35. The minimum atomic E-state index is 0.0886. The van der Waals surface area contributed by atoms with E-state index >= 15 is 0 Å². The predicted molar refractivity (Wildman–Crippen MR) is 94.4 cm³/mol. The number of para-hydroxylation sites is 1. The van der Waals surface area contributed by atoms with E-state index in [2.05, 4.69) is 41.9 Å².